The quantitative estimate of drug-likeness (QED) is 0.449. The smallest absolute Gasteiger partial charge is 0.262 e. The Balaban J connectivity index is 1.79. The van der Waals surface area contributed by atoms with Crippen molar-refractivity contribution in [1.82, 2.24) is 9.55 Å². The van der Waals surface area contributed by atoms with E-state index < -0.39 is 0 Å². The summed E-state index contributed by atoms with van der Waals surface area (Å²) < 4.78 is 12.1. The van der Waals surface area contributed by atoms with E-state index in [1.165, 1.54) is 11.8 Å². The third-order valence-corrected chi connectivity index (χ3v) is 5.22. The van der Waals surface area contributed by atoms with Crippen LogP contribution in [0.25, 0.3) is 10.9 Å². The van der Waals surface area contributed by atoms with Crippen LogP contribution >= 0.6 is 11.8 Å². The number of hydrogen-bond acceptors (Lipinski definition) is 6. The number of amides is 1. The molecule has 3 rings (SSSR count). The molecular weight excluding hydrogens is 390 g/mol. The zero-order valence-corrected chi connectivity index (χ0v) is 17.4. The highest BCUT2D eigenvalue weighted by Gasteiger charge is 2.13. The van der Waals surface area contributed by atoms with Gasteiger partial charge < -0.3 is 14.8 Å². The number of carbonyl (C=O) groups is 1. The Morgan fingerprint density at radius 2 is 1.83 bits per heavy atom. The van der Waals surface area contributed by atoms with E-state index in [1.807, 2.05) is 19.1 Å². The van der Waals surface area contributed by atoms with Gasteiger partial charge in [0.25, 0.3) is 5.56 Å². The van der Waals surface area contributed by atoms with Crippen molar-refractivity contribution in [3.05, 3.63) is 52.8 Å². The molecule has 7 nitrogen and oxygen atoms in total. The summed E-state index contributed by atoms with van der Waals surface area (Å²) in [6.45, 7) is 2.55. The highest BCUT2D eigenvalue weighted by Crippen LogP contribution is 2.26. The van der Waals surface area contributed by atoms with Crippen LogP contribution in [0.2, 0.25) is 0 Å². The van der Waals surface area contributed by atoms with Crippen molar-refractivity contribution >= 4 is 34.3 Å². The topological polar surface area (TPSA) is 82.5 Å². The number of thioether (sulfide) groups is 1. The maximum Gasteiger partial charge on any atom is 0.262 e. The van der Waals surface area contributed by atoms with Gasteiger partial charge in [-0.05, 0) is 18.6 Å². The largest absolute Gasteiger partial charge is 0.497 e. The Hall–Kier alpha value is -3.00. The van der Waals surface area contributed by atoms with Crippen LogP contribution in [-0.2, 0) is 11.3 Å². The molecule has 0 saturated heterocycles. The second-order valence-electron chi connectivity index (χ2n) is 6.31. The molecule has 0 aliphatic rings. The molecule has 2 aromatic carbocycles. The van der Waals surface area contributed by atoms with Crippen LogP contribution in [0.3, 0.4) is 0 Å². The minimum absolute atomic E-state index is 0.0853. The van der Waals surface area contributed by atoms with Crippen molar-refractivity contribution in [2.75, 3.05) is 25.3 Å². The van der Waals surface area contributed by atoms with E-state index in [-0.39, 0.29) is 17.2 Å². The van der Waals surface area contributed by atoms with E-state index in [0.29, 0.717) is 39.8 Å². The number of benzene rings is 2. The lowest BCUT2D eigenvalue weighted by Gasteiger charge is -2.13. The molecule has 1 heterocycles. The second-order valence-corrected chi connectivity index (χ2v) is 7.25. The van der Waals surface area contributed by atoms with E-state index >= 15 is 0 Å². The van der Waals surface area contributed by atoms with E-state index in [4.69, 9.17) is 9.47 Å². The first-order valence-electron chi connectivity index (χ1n) is 9.21. The monoisotopic (exact) mass is 413 g/mol. The van der Waals surface area contributed by atoms with Crippen molar-refractivity contribution in [2.45, 2.75) is 25.0 Å². The number of carbonyl (C=O) groups excluding carboxylic acids is 1. The first kappa shape index (κ1) is 20.7. The fourth-order valence-corrected chi connectivity index (χ4v) is 3.71. The SMILES string of the molecule is CCCn1c(SCC(=O)Nc2cc(OC)cc(OC)c2)nc2ccccc2c1=O. The van der Waals surface area contributed by atoms with Crippen LogP contribution < -0.4 is 20.3 Å². The fourth-order valence-electron chi connectivity index (χ4n) is 2.89. The molecule has 3 aromatic rings. The molecule has 0 spiro atoms. The van der Waals surface area contributed by atoms with Crippen molar-refractivity contribution in [1.29, 1.82) is 0 Å². The molecular formula is C21H23N3O4S. The number of para-hydroxylation sites is 1. The molecule has 1 amide bonds. The summed E-state index contributed by atoms with van der Waals surface area (Å²) in [6, 6.07) is 12.4. The number of fused-ring (bicyclic) bond motifs is 1. The number of methoxy groups -OCH3 is 2. The number of aromatic nitrogens is 2. The van der Waals surface area contributed by atoms with Gasteiger partial charge in [-0.2, -0.15) is 0 Å². The molecule has 8 heteroatoms. The van der Waals surface area contributed by atoms with Gasteiger partial charge in [-0.1, -0.05) is 30.8 Å². The molecule has 0 fully saturated rings. The molecule has 152 valence electrons. The lowest BCUT2D eigenvalue weighted by Crippen LogP contribution is -2.24. The third kappa shape index (κ3) is 4.89. The summed E-state index contributed by atoms with van der Waals surface area (Å²) in [6.07, 6.45) is 0.795. The van der Waals surface area contributed by atoms with Crippen molar-refractivity contribution in [3.8, 4) is 11.5 Å². The zero-order chi connectivity index (χ0) is 20.8. The van der Waals surface area contributed by atoms with Gasteiger partial charge >= 0.3 is 0 Å². The van der Waals surface area contributed by atoms with Crippen LogP contribution in [-0.4, -0.2) is 35.4 Å². The first-order chi connectivity index (χ1) is 14.0. The normalized spacial score (nSPS) is 10.7. The Morgan fingerprint density at radius 3 is 2.48 bits per heavy atom. The van der Waals surface area contributed by atoms with Crippen molar-refractivity contribution in [3.63, 3.8) is 0 Å². The highest BCUT2D eigenvalue weighted by atomic mass is 32.2. The number of anilines is 1. The third-order valence-electron chi connectivity index (χ3n) is 4.24. The summed E-state index contributed by atoms with van der Waals surface area (Å²) in [5.41, 5.74) is 1.12. The predicted molar refractivity (Wildman–Crippen MR) is 115 cm³/mol. The predicted octanol–water partition coefficient (Wildman–Crippen LogP) is 3.55. The molecule has 0 radical (unpaired) electrons. The van der Waals surface area contributed by atoms with Crippen molar-refractivity contribution in [2.24, 2.45) is 0 Å². The number of rotatable bonds is 8. The molecule has 1 N–H and O–H groups in total. The van der Waals surface area contributed by atoms with Gasteiger partial charge in [-0.25, -0.2) is 4.98 Å². The average molecular weight is 413 g/mol. The lowest BCUT2D eigenvalue weighted by molar-refractivity contribution is -0.113. The maximum atomic E-state index is 12.8. The Labute approximate surface area is 173 Å². The van der Waals surface area contributed by atoms with Gasteiger partial charge in [0, 0.05) is 30.4 Å². The number of hydrogen-bond donors (Lipinski definition) is 1. The minimum Gasteiger partial charge on any atom is -0.497 e. The number of nitrogens with zero attached hydrogens (tertiary/aromatic N) is 2. The minimum atomic E-state index is -0.212. The van der Waals surface area contributed by atoms with Gasteiger partial charge in [-0.15, -0.1) is 0 Å². The van der Waals surface area contributed by atoms with E-state index in [2.05, 4.69) is 10.3 Å². The first-order valence-corrected chi connectivity index (χ1v) is 10.2. The summed E-state index contributed by atoms with van der Waals surface area (Å²) in [5.74, 6) is 1.07. The maximum absolute atomic E-state index is 12.8. The molecule has 0 unspecified atom stereocenters. The van der Waals surface area contributed by atoms with E-state index in [9.17, 15) is 9.59 Å². The summed E-state index contributed by atoms with van der Waals surface area (Å²) >= 11 is 1.24. The summed E-state index contributed by atoms with van der Waals surface area (Å²) in [4.78, 5) is 29.9. The number of ether oxygens (including phenoxy) is 2. The van der Waals surface area contributed by atoms with Crippen molar-refractivity contribution < 1.29 is 14.3 Å². The van der Waals surface area contributed by atoms with E-state index in [1.54, 1.807) is 49.1 Å². The standard InChI is InChI=1S/C21H23N3O4S/c1-4-9-24-20(26)17-7-5-6-8-18(17)23-21(24)29-13-19(25)22-14-10-15(27-2)12-16(11-14)28-3/h5-8,10-12H,4,9,13H2,1-3H3,(H,22,25). The van der Waals surface area contributed by atoms with E-state index in [0.717, 1.165) is 6.42 Å². The molecule has 0 saturated carbocycles. The summed E-state index contributed by atoms with van der Waals surface area (Å²) in [7, 11) is 3.10. The molecule has 0 bridgehead atoms. The molecule has 0 atom stereocenters. The molecule has 0 aliphatic heterocycles. The Kier molecular flexibility index (Phi) is 6.77. The number of nitrogens with one attached hydrogen (secondary N) is 1. The van der Waals surface area contributed by atoms with Crippen LogP contribution in [0, 0.1) is 0 Å². The van der Waals surface area contributed by atoms with Gasteiger partial charge in [-0.3, -0.25) is 14.2 Å². The van der Waals surface area contributed by atoms with Crippen LogP contribution in [0.1, 0.15) is 13.3 Å². The average Bonchev–Trinajstić information content (AvgIpc) is 2.74. The fraction of sp³-hybridized carbons (Fsp3) is 0.286. The van der Waals surface area contributed by atoms with Crippen LogP contribution in [0.5, 0.6) is 11.5 Å². The van der Waals surface area contributed by atoms with Gasteiger partial charge in [0.05, 0.1) is 30.9 Å². The van der Waals surface area contributed by atoms with Gasteiger partial charge in [0.1, 0.15) is 11.5 Å². The van der Waals surface area contributed by atoms with Gasteiger partial charge in [0.2, 0.25) is 5.91 Å². The molecule has 1 aromatic heterocycles. The van der Waals surface area contributed by atoms with Crippen LogP contribution in [0.4, 0.5) is 5.69 Å². The molecule has 0 aliphatic carbocycles. The Morgan fingerprint density at radius 1 is 1.14 bits per heavy atom. The van der Waals surface area contributed by atoms with Gasteiger partial charge in [0.15, 0.2) is 5.16 Å². The zero-order valence-electron chi connectivity index (χ0n) is 16.6. The Bertz CT molecular complexity index is 1060. The summed E-state index contributed by atoms with van der Waals surface area (Å²) in [5, 5.41) is 3.95. The lowest BCUT2D eigenvalue weighted by atomic mass is 10.2. The molecule has 29 heavy (non-hydrogen) atoms. The van der Waals surface area contributed by atoms with Crippen LogP contribution in [0.15, 0.2) is 52.4 Å². The second kappa shape index (κ2) is 9.47. The highest BCUT2D eigenvalue weighted by molar-refractivity contribution is 7.99.